The average molecular weight is 317 g/mol. The van der Waals surface area contributed by atoms with Crippen molar-refractivity contribution in [1.29, 1.82) is 0 Å². The Morgan fingerprint density at radius 3 is 2.47 bits per heavy atom. The summed E-state index contributed by atoms with van der Waals surface area (Å²) in [6.07, 6.45) is -5.03. The largest absolute Gasteiger partial charge is 0.364 e. The second-order valence-corrected chi connectivity index (χ2v) is 4.11. The fourth-order valence-electron chi connectivity index (χ4n) is 1.09. The second-order valence-electron chi connectivity index (χ2n) is 3.26. The lowest BCUT2D eigenvalue weighted by Crippen LogP contribution is -2.37. The van der Waals surface area contributed by atoms with Crippen LogP contribution in [0.25, 0.3) is 0 Å². The van der Waals surface area contributed by atoms with Gasteiger partial charge < -0.3 is 0 Å². The van der Waals surface area contributed by atoms with E-state index in [4.69, 9.17) is 0 Å². The Morgan fingerprint density at radius 1 is 1.35 bits per heavy atom. The monoisotopic (exact) mass is 316 g/mol. The first-order chi connectivity index (χ1) is 7.75. The van der Waals surface area contributed by atoms with Gasteiger partial charge in [0.05, 0.1) is 0 Å². The van der Waals surface area contributed by atoms with E-state index in [0.29, 0.717) is 0 Å². The summed E-state index contributed by atoms with van der Waals surface area (Å²) in [5.74, 6) is -7.40. The normalized spacial score (nSPS) is 11.9. The number of rotatable bonds is 4. The van der Waals surface area contributed by atoms with Crippen LogP contribution in [0.3, 0.4) is 0 Å². The molecule has 0 aliphatic rings. The van der Waals surface area contributed by atoms with Gasteiger partial charge in [0.25, 0.3) is 0 Å². The quantitative estimate of drug-likeness (QED) is 0.776. The Morgan fingerprint density at radius 2 is 1.94 bits per heavy atom. The molecule has 0 amide bonds. The third kappa shape index (κ3) is 3.24. The van der Waals surface area contributed by atoms with Crippen molar-refractivity contribution in [2.24, 2.45) is 0 Å². The van der Waals surface area contributed by atoms with E-state index in [1.165, 1.54) is 6.07 Å². The van der Waals surface area contributed by atoms with Crippen molar-refractivity contribution in [2.45, 2.75) is 18.8 Å². The van der Waals surface area contributed by atoms with Gasteiger partial charge in [-0.1, -0.05) is 15.9 Å². The molecule has 0 aromatic heterocycles. The predicted molar refractivity (Wildman–Crippen MR) is 53.8 cm³/mol. The number of hydrogen-bond acceptors (Lipinski definition) is 1. The SMILES string of the molecule is O=C(Cc1cc(F)ccc1Br)C(F)(F)C(F)F. The Bertz CT molecular complexity index is 433. The van der Waals surface area contributed by atoms with Gasteiger partial charge in [0.1, 0.15) is 5.82 Å². The van der Waals surface area contributed by atoms with E-state index < -0.39 is 30.4 Å². The van der Waals surface area contributed by atoms with Crippen LogP contribution in [0.15, 0.2) is 22.7 Å². The molecule has 1 aromatic carbocycles. The van der Waals surface area contributed by atoms with Crippen LogP contribution in [0, 0.1) is 5.82 Å². The molecule has 0 bridgehead atoms. The van der Waals surface area contributed by atoms with Gasteiger partial charge in [-0.25, -0.2) is 13.2 Å². The molecule has 17 heavy (non-hydrogen) atoms. The fraction of sp³-hybridized carbons (Fsp3) is 0.300. The highest BCUT2D eigenvalue weighted by molar-refractivity contribution is 9.10. The summed E-state index contributed by atoms with van der Waals surface area (Å²) in [6.45, 7) is 0. The summed E-state index contributed by atoms with van der Waals surface area (Å²) in [5, 5.41) is 0. The first kappa shape index (κ1) is 14.1. The summed E-state index contributed by atoms with van der Waals surface area (Å²) in [4.78, 5) is 11.0. The topological polar surface area (TPSA) is 17.1 Å². The van der Waals surface area contributed by atoms with Crippen molar-refractivity contribution < 1.29 is 26.7 Å². The molecule has 1 nitrogen and oxygen atoms in total. The van der Waals surface area contributed by atoms with E-state index >= 15 is 0 Å². The van der Waals surface area contributed by atoms with E-state index in [9.17, 15) is 26.7 Å². The number of ketones is 1. The van der Waals surface area contributed by atoms with Crippen LogP contribution in [0.4, 0.5) is 22.0 Å². The highest BCUT2D eigenvalue weighted by Gasteiger charge is 2.48. The number of alkyl halides is 4. The Labute approximate surface area is 102 Å². The molecule has 0 N–H and O–H groups in total. The van der Waals surface area contributed by atoms with Crippen molar-refractivity contribution in [1.82, 2.24) is 0 Å². The first-order valence-corrected chi connectivity index (χ1v) is 5.17. The van der Waals surface area contributed by atoms with E-state index in [2.05, 4.69) is 15.9 Å². The van der Waals surface area contributed by atoms with Crippen molar-refractivity contribution >= 4 is 21.7 Å². The molecule has 1 aromatic rings. The molecule has 7 heteroatoms. The van der Waals surface area contributed by atoms with Gasteiger partial charge >= 0.3 is 12.3 Å². The highest BCUT2D eigenvalue weighted by atomic mass is 79.9. The molecular formula is C10H6BrF5O. The van der Waals surface area contributed by atoms with Gasteiger partial charge in [-0.05, 0) is 23.8 Å². The van der Waals surface area contributed by atoms with Gasteiger partial charge in [0, 0.05) is 10.9 Å². The summed E-state index contributed by atoms with van der Waals surface area (Å²) in [5.41, 5.74) is -0.102. The molecule has 1 rings (SSSR count). The number of halogens is 6. The molecule has 0 heterocycles. The van der Waals surface area contributed by atoms with Crippen LogP contribution in [-0.2, 0) is 11.2 Å². The van der Waals surface area contributed by atoms with Crippen LogP contribution in [-0.4, -0.2) is 18.1 Å². The van der Waals surface area contributed by atoms with Crippen molar-refractivity contribution in [3.8, 4) is 0 Å². The van der Waals surface area contributed by atoms with E-state index in [0.717, 1.165) is 12.1 Å². The zero-order valence-electron chi connectivity index (χ0n) is 8.19. The highest BCUT2D eigenvalue weighted by Crippen LogP contribution is 2.27. The maximum atomic E-state index is 12.8. The van der Waals surface area contributed by atoms with E-state index in [1.807, 2.05) is 0 Å². The van der Waals surface area contributed by atoms with Crippen molar-refractivity contribution in [3.63, 3.8) is 0 Å². The minimum atomic E-state index is -4.72. The van der Waals surface area contributed by atoms with Crippen LogP contribution in [0.1, 0.15) is 5.56 Å². The fourth-order valence-corrected chi connectivity index (χ4v) is 1.48. The molecule has 0 atom stereocenters. The van der Waals surface area contributed by atoms with Crippen LogP contribution < -0.4 is 0 Å². The van der Waals surface area contributed by atoms with Crippen LogP contribution in [0.5, 0.6) is 0 Å². The zero-order valence-corrected chi connectivity index (χ0v) is 9.78. The van der Waals surface area contributed by atoms with Gasteiger partial charge in [-0.2, -0.15) is 8.78 Å². The van der Waals surface area contributed by atoms with Gasteiger partial charge in [0.2, 0.25) is 5.78 Å². The molecule has 0 aliphatic heterocycles. The number of hydrogen-bond donors (Lipinski definition) is 0. The predicted octanol–water partition coefficient (Wildman–Crippen LogP) is 3.60. The molecule has 0 saturated heterocycles. The number of carbonyl (C=O) groups excluding carboxylic acids is 1. The maximum absolute atomic E-state index is 12.8. The number of carbonyl (C=O) groups is 1. The summed E-state index contributed by atoms with van der Waals surface area (Å²) in [6, 6.07) is 3.09. The molecule has 0 unspecified atom stereocenters. The van der Waals surface area contributed by atoms with Crippen LogP contribution >= 0.6 is 15.9 Å². The van der Waals surface area contributed by atoms with Gasteiger partial charge in [0.15, 0.2) is 0 Å². The van der Waals surface area contributed by atoms with E-state index in [1.54, 1.807) is 0 Å². The summed E-state index contributed by atoms with van der Waals surface area (Å²) < 4.78 is 62.1. The lowest BCUT2D eigenvalue weighted by Gasteiger charge is -2.14. The first-order valence-electron chi connectivity index (χ1n) is 4.38. The average Bonchev–Trinajstić information content (AvgIpc) is 2.23. The third-order valence-corrected chi connectivity index (χ3v) is 2.78. The van der Waals surface area contributed by atoms with Crippen LogP contribution in [0.2, 0.25) is 0 Å². The minimum Gasteiger partial charge on any atom is -0.292 e. The second kappa shape index (κ2) is 5.12. The van der Waals surface area contributed by atoms with Crippen molar-refractivity contribution in [2.75, 3.05) is 0 Å². The molecule has 0 spiro atoms. The molecule has 0 radical (unpaired) electrons. The Hall–Kier alpha value is -0.980. The van der Waals surface area contributed by atoms with Crippen molar-refractivity contribution in [3.05, 3.63) is 34.1 Å². The summed E-state index contributed by atoms with van der Waals surface area (Å²) in [7, 11) is 0. The third-order valence-electron chi connectivity index (χ3n) is 2.00. The van der Waals surface area contributed by atoms with Gasteiger partial charge in [-0.15, -0.1) is 0 Å². The molecule has 0 fully saturated rings. The molecular weight excluding hydrogens is 311 g/mol. The van der Waals surface area contributed by atoms with Gasteiger partial charge in [-0.3, -0.25) is 4.79 Å². The summed E-state index contributed by atoms with van der Waals surface area (Å²) >= 11 is 2.91. The lowest BCUT2D eigenvalue weighted by molar-refractivity contribution is -0.166. The Kier molecular flexibility index (Phi) is 4.24. The smallest absolute Gasteiger partial charge is 0.292 e. The Balaban J connectivity index is 2.92. The zero-order chi connectivity index (χ0) is 13.2. The minimum absolute atomic E-state index is 0.102. The number of Topliss-reactive ketones (excluding diaryl/α,β-unsaturated/α-hetero) is 1. The maximum Gasteiger partial charge on any atom is 0.364 e. The number of benzene rings is 1. The van der Waals surface area contributed by atoms with E-state index in [-0.39, 0.29) is 10.0 Å². The lowest BCUT2D eigenvalue weighted by atomic mass is 10.0. The molecule has 0 aliphatic carbocycles. The molecule has 0 saturated carbocycles. The standard InChI is InChI=1S/C10H6BrF5O/c11-7-2-1-6(12)3-5(7)4-8(17)10(15,16)9(13)14/h1-3,9H,4H2. The molecule has 94 valence electrons.